The second-order valence-corrected chi connectivity index (χ2v) is 5.67. The molecule has 0 aliphatic carbocycles. The maximum Gasteiger partial charge on any atom is 0.0601 e. The molecule has 1 aliphatic heterocycles. The summed E-state index contributed by atoms with van der Waals surface area (Å²) in [5.74, 6) is 0.493. The van der Waals surface area contributed by atoms with Crippen molar-refractivity contribution in [3.63, 3.8) is 0 Å². The smallest absolute Gasteiger partial charge is 0.0601 e. The van der Waals surface area contributed by atoms with E-state index in [1.165, 1.54) is 16.7 Å². The van der Waals surface area contributed by atoms with E-state index >= 15 is 0 Å². The molecule has 2 rings (SSSR count). The van der Waals surface area contributed by atoms with E-state index in [9.17, 15) is 5.11 Å². The molecular formula is C15H23NO2. The fourth-order valence-corrected chi connectivity index (χ4v) is 2.60. The zero-order valence-corrected chi connectivity index (χ0v) is 11.4. The Kier molecular flexibility index (Phi) is 3.76. The standard InChI is InChI=1S/C15H23NO2/c1-10(2)12-5-4-11(3)13(6-12)15(8-18-9-15)14(16)7-17/h4-6,10,14,17H,7-9,16H2,1-3H3. The van der Waals surface area contributed by atoms with Crippen molar-refractivity contribution >= 4 is 0 Å². The second-order valence-electron chi connectivity index (χ2n) is 5.67. The van der Waals surface area contributed by atoms with Crippen LogP contribution in [0.2, 0.25) is 0 Å². The minimum Gasteiger partial charge on any atom is -0.395 e. The topological polar surface area (TPSA) is 55.5 Å². The van der Waals surface area contributed by atoms with Gasteiger partial charge in [0.25, 0.3) is 0 Å². The van der Waals surface area contributed by atoms with Crippen molar-refractivity contribution in [2.75, 3.05) is 19.8 Å². The number of hydrogen-bond acceptors (Lipinski definition) is 3. The molecular weight excluding hydrogens is 226 g/mol. The van der Waals surface area contributed by atoms with Gasteiger partial charge in [-0.2, -0.15) is 0 Å². The quantitative estimate of drug-likeness (QED) is 0.854. The van der Waals surface area contributed by atoms with E-state index in [4.69, 9.17) is 10.5 Å². The predicted molar refractivity (Wildman–Crippen MR) is 72.8 cm³/mol. The third-order valence-electron chi connectivity index (χ3n) is 4.09. The normalized spacial score (nSPS) is 19.7. The third kappa shape index (κ3) is 2.07. The Morgan fingerprint density at radius 1 is 1.39 bits per heavy atom. The van der Waals surface area contributed by atoms with E-state index in [-0.39, 0.29) is 18.1 Å². The van der Waals surface area contributed by atoms with Gasteiger partial charge in [0.15, 0.2) is 0 Å². The number of nitrogens with two attached hydrogens (primary N) is 1. The van der Waals surface area contributed by atoms with Crippen LogP contribution in [0.4, 0.5) is 0 Å². The SMILES string of the molecule is Cc1ccc(C(C)C)cc1C1(C(N)CO)COC1. The highest BCUT2D eigenvalue weighted by atomic mass is 16.5. The molecule has 0 radical (unpaired) electrons. The number of aliphatic hydroxyl groups excluding tert-OH is 1. The summed E-state index contributed by atoms with van der Waals surface area (Å²) in [6, 6.07) is 6.29. The minimum absolute atomic E-state index is 0.00525. The Hall–Kier alpha value is -0.900. The first kappa shape index (κ1) is 13.5. The molecule has 1 fully saturated rings. The molecule has 1 aromatic rings. The second kappa shape index (κ2) is 5.00. The van der Waals surface area contributed by atoms with Gasteiger partial charge in [0.2, 0.25) is 0 Å². The molecule has 1 aromatic carbocycles. The van der Waals surface area contributed by atoms with E-state index in [1.807, 2.05) is 0 Å². The van der Waals surface area contributed by atoms with Crippen LogP contribution >= 0.6 is 0 Å². The van der Waals surface area contributed by atoms with Gasteiger partial charge in [-0.3, -0.25) is 0 Å². The van der Waals surface area contributed by atoms with E-state index in [2.05, 4.69) is 39.0 Å². The van der Waals surface area contributed by atoms with Crippen LogP contribution in [0.15, 0.2) is 18.2 Å². The fourth-order valence-electron chi connectivity index (χ4n) is 2.60. The molecule has 1 aliphatic rings. The number of rotatable bonds is 4. The maximum absolute atomic E-state index is 9.39. The monoisotopic (exact) mass is 249 g/mol. The highest BCUT2D eigenvalue weighted by Gasteiger charge is 2.46. The number of benzene rings is 1. The molecule has 0 amide bonds. The Balaban J connectivity index is 2.45. The summed E-state index contributed by atoms with van der Waals surface area (Å²) in [4.78, 5) is 0. The van der Waals surface area contributed by atoms with Crippen LogP contribution in [-0.2, 0) is 10.2 Å². The Labute approximate surface area is 109 Å². The average Bonchev–Trinajstić information content (AvgIpc) is 2.29. The highest BCUT2D eigenvalue weighted by Crippen LogP contribution is 2.38. The van der Waals surface area contributed by atoms with E-state index in [1.54, 1.807) is 0 Å². The molecule has 3 nitrogen and oxygen atoms in total. The van der Waals surface area contributed by atoms with E-state index in [0.717, 1.165) is 0 Å². The summed E-state index contributed by atoms with van der Waals surface area (Å²) in [5.41, 5.74) is 9.68. The van der Waals surface area contributed by atoms with Crippen molar-refractivity contribution in [2.24, 2.45) is 5.73 Å². The van der Waals surface area contributed by atoms with Gasteiger partial charge in [0, 0.05) is 6.04 Å². The zero-order valence-electron chi connectivity index (χ0n) is 11.4. The van der Waals surface area contributed by atoms with Gasteiger partial charge in [-0.05, 0) is 29.5 Å². The largest absolute Gasteiger partial charge is 0.395 e. The molecule has 3 N–H and O–H groups in total. The lowest BCUT2D eigenvalue weighted by atomic mass is 9.70. The molecule has 1 heterocycles. The minimum atomic E-state index is -0.257. The van der Waals surface area contributed by atoms with Crippen molar-refractivity contribution < 1.29 is 9.84 Å². The van der Waals surface area contributed by atoms with Crippen LogP contribution in [0, 0.1) is 6.92 Å². The van der Waals surface area contributed by atoms with Crippen LogP contribution in [0.3, 0.4) is 0 Å². The molecule has 0 aromatic heterocycles. The molecule has 0 spiro atoms. The molecule has 100 valence electrons. The van der Waals surface area contributed by atoms with Gasteiger partial charge in [-0.15, -0.1) is 0 Å². The summed E-state index contributed by atoms with van der Waals surface area (Å²) < 4.78 is 5.38. The van der Waals surface area contributed by atoms with Crippen LogP contribution in [-0.4, -0.2) is 31.0 Å². The van der Waals surface area contributed by atoms with Gasteiger partial charge in [-0.25, -0.2) is 0 Å². The van der Waals surface area contributed by atoms with E-state index < -0.39 is 0 Å². The third-order valence-corrected chi connectivity index (χ3v) is 4.09. The van der Waals surface area contributed by atoms with Crippen LogP contribution < -0.4 is 5.73 Å². The van der Waals surface area contributed by atoms with Crippen molar-refractivity contribution in [2.45, 2.75) is 38.1 Å². The zero-order chi connectivity index (χ0) is 13.3. The molecule has 18 heavy (non-hydrogen) atoms. The Morgan fingerprint density at radius 2 is 2.06 bits per heavy atom. The number of aryl methyl sites for hydroxylation is 1. The fraction of sp³-hybridized carbons (Fsp3) is 0.600. The molecule has 1 atom stereocenters. The lowest BCUT2D eigenvalue weighted by molar-refractivity contribution is -0.0801. The summed E-state index contributed by atoms with van der Waals surface area (Å²) in [5, 5.41) is 9.39. The summed E-state index contributed by atoms with van der Waals surface area (Å²) in [6.07, 6.45) is 0. The van der Waals surface area contributed by atoms with Gasteiger partial charge < -0.3 is 15.6 Å². The van der Waals surface area contributed by atoms with E-state index in [0.29, 0.717) is 19.1 Å². The van der Waals surface area contributed by atoms with Crippen molar-refractivity contribution in [1.82, 2.24) is 0 Å². The molecule has 3 heteroatoms. The van der Waals surface area contributed by atoms with Crippen LogP contribution in [0.25, 0.3) is 0 Å². The van der Waals surface area contributed by atoms with Gasteiger partial charge in [0.1, 0.15) is 0 Å². The predicted octanol–water partition coefficient (Wildman–Crippen LogP) is 1.71. The lowest BCUT2D eigenvalue weighted by Crippen LogP contribution is -2.60. The van der Waals surface area contributed by atoms with Gasteiger partial charge in [-0.1, -0.05) is 32.0 Å². The Morgan fingerprint density at radius 3 is 2.50 bits per heavy atom. The van der Waals surface area contributed by atoms with Gasteiger partial charge in [0.05, 0.1) is 25.2 Å². The average molecular weight is 249 g/mol. The molecule has 1 unspecified atom stereocenters. The van der Waals surface area contributed by atoms with Crippen LogP contribution in [0.1, 0.15) is 36.5 Å². The molecule has 1 saturated heterocycles. The first-order valence-corrected chi connectivity index (χ1v) is 6.56. The lowest BCUT2D eigenvalue weighted by Gasteiger charge is -2.46. The van der Waals surface area contributed by atoms with Gasteiger partial charge >= 0.3 is 0 Å². The first-order chi connectivity index (χ1) is 8.51. The number of hydrogen-bond donors (Lipinski definition) is 2. The number of aliphatic hydroxyl groups is 1. The molecule has 0 saturated carbocycles. The highest BCUT2D eigenvalue weighted by molar-refractivity contribution is 5.41. The molecule has 0 bridgehead atoms. The van der Waals surface area contributed by atoms with Crippen molar-refractivity contribution in [3.05, 3.63) is 34.9 Å². The summed E-state index contributed by atoms with van der Waals surface area (Å²) >= 11 is 0. The van der Waals surface area contributed by atoms with Crippen LogP contribution in [0.5, 0.6) is 0 Å². The van der Waals surface area contributed by atoms with Crippen molar-refractivity contribution in [3.8, 4) is 0 Å². The maximum atomic E-state index is 9.39. The number of ether oxygens (including phenoxy) is 1. The summed E-state index contributed by atoms with van der Waals surface area (Å²) in [6.45, 7) is 7.68. The van der Waals surface area contributed by atoms with Crippen molar-refractivity contribution in [1.29, 1.82) is 0 Å². The first-order valence-electron chi connectivity index (χ1n) is 6.56. The summed E-state index contributed by atoms with van der Waals surface area (Å²) in [7, 11) is 0. The Bertz CT molecular complexity index is 425.